The standard InChI is InChI=1S/C10H11Cl2NO2/c1-2-15-8-5-3-7(4-6-8)13-10(14)9(11)12/h3-6,9H,2H2,1H3,(H,13,14). The summed E-state index contributed by atoms with van der Waals surface area (Å²) in [7, 11) is 0. The van der Waals surface area contributed by atoms with Gasteiger partial charge in [-0.3, -0.25) is 4.79 Å². The lowest BCUT2D eigenvalue weighted by molar-refractivity contribution is -0.114. The van der Waals surface area contributed by atoms with Gasteiger partial charge in [-0.2, -0.15) is 0 Å². The zero-order valence-corrected chi connectivity index (χ0v) is 9.68. The van der Waals surface area contributed by atoms with Crippen molar-refractivity contribution in [3.8, 4) is 5.75 Å². The first-order chi connectivity index (χ1) is 7.13. The van der Waals surface area contributed by atoms with Crippen LogP contribution in [0.1, 0.15) is 6.92 Å². The normalized spacial score (nSPS) is 10.1. The van der Waals surface area contributed by atoms with Crippen LogP contribution in [0.5, 0.6) is 5.75 Å². The Balaban J connectivity index is 2.60. The fourth-order valence-corrected chi connectivity index (χ4v) is 1.11. The van der Waals surface area contributed by atoms with Crippen LogP contribution in [0.15, 0.2) is 24.3 Å². The van der Waals surface area contributed by atoms with Gasteiger partial charge in [0, 0.05) is 5.69 Å². The maximum absolute atomic E-state index is 11.1. The lowest BCUT2D eigenvalue weighted by atomic mass is 10.3. The lowest BCUT2D eigenvalue weighted by Crippen LogP contribution is -2.18. The van der Waals surface area contributed by atoms with E-state index in [0.717, 1.165) is 5.75 Å². The molecule has 1 N–H and O–H groups in total. The van der Waals surface area contributed by atoms with E-state index in [-0.39, 0.29) is 0 Å². The quantitative estimate of drug-likeness (QED) is 0.832. The van der Waals surface area contributed by atoms with Crippen LogP contribution in [-0.4, -0.2) is 17.4 Å². The molecule has 0 radical (unpaired) electrons. The number of hydrogen-bond acceptors (Lipinski definition) is 2. The maximum Gasteiger partial charge on any atom is 0.257 e. The largest absolute Gasteiger partial charge is 0.494 e. The van der Waals surface area contributed by atoms with Gasteiger partial charge in [0.25, 0.3) is 5.91 Å². The number of amides is 1. The average Bonchev–Trinajstić information content (AvgIpc) is 2.21. The van der Waals surface area contributed by atoms with Gasteiger partial charge in [-0.25, -0.2) is 0 Å². The van der Waals surface area contributed by atoms with Crippen molar-refractivity contribution in [1.82, 2.24) is 0 Å². The Kier molecular flexibility index (Phi) is 4.72. The third-order valence-electron chi connectivity index (χ3n) is 1.63. The van der Waals surface area contributed by atoms with Gasteiger partial charge in [0.05, 0.1) is 6.61 Å². The number of hydrogen-bond donors (Lipinski definition) is 1. The molecule has 0 spiro atoms. The molecule has 0 saturated heterocycles. The molecule has 1 amide bonds. The Hall–Kier alpha value is -0.930. The predicted molar refractivity (Wildman–Crippen MR) is 61.7 cm³/mol. The van der Waals surface area contributed by atoms with Crippen LogP contribution in [-0.2, 0) is 4.79 Å². The van der Waals surface area contributed by atoms with Crippen molar-refractivity contribution < 1.29 is 9.53 Å². The SMILES string of the molecule is CCOc1ccc(NC(=O)C(Cl)Cl)cc1. The number of carbonyl (C=O) groups is 1. The van der Waals surface area contributed by atoms with E-state index in [1.807, 2.05) is 6.92 Å². The van der Waals surface area contributed by atoms with Crippen LogP contribution in [0, 0.1) is 0 Å². The van der Waals surface area contributed by atoms with Crippen LogP contribution in [0.4, 0.5) is 5.69 Å². The third kappa shape index (κ3) is 3.98. The highest BCUT2D eigenvalue weighted by Gasteiger charge is 2.10. The van der Waals surface area contributed by atoms with E-state index >= 15 is 0 Å². The van der Waals surface area contributed by atoms with E-state index in [2.05, 4.69) is 5.32 Å². The number of anilines is 1. The molecule has 0 fully saturated rings. The number of nitrogens with one attached hydrogen (secondary N) is 1. The van der Waals surface area contributed by atoms with Gasteiger partial charge >= 0.3 is 0 Å². The molecule has 1 rings (SSSR count). The summed E-state index contributed by atoms with van der Waals surface area (Å²) >= 11 is 10.8. The van der Waals surface area contributed by atoms with Crippen LogP contribution in [0.2, 0.25) is 0 Å². The van der Waals surface area contributed by atoms with Gasteiger partial charge in [0.15, 0.2) is 4.84 Å². The van der Waals surface area contributed by atoms with Crippen molar-refractivity contribution in [3.63, 3.8) is 0 Å². The first kappa shape index (κ1) is 12.1. The lowest BCUT2D eigenvalue weighted by Gasteiger charge is -2.07. The molecule has 0 aliphatic carbocycles. The molecule has 0 unspecified atom stereocenters. The summed E-state index contributed by atoms with van der Waals surface area (Å²) in [6, 6.07) is 6.96. The Morgan fingerprint density at radius 3 is 2.47 bits per heavy atom. The van der Waals surface area contributed by atoms with Crippen LogP contribution in [0.25, 0.3) is 0 Å². The molecular formula is C10H11Cl2NO2. The highest BCUT2D eigenvalue weighted by atomic mass is 35.5. The number of halogens is 2. The molecule has 5 heteroatoms. The molecule has 0 atom stereocenters. The summed E-state index contributed by atoms with van der Waals surface area (Å²) in [5.74, 6) is 0.311. The summed E-state index contributed by atoms with van der Waals surface area (Å²) in [5.41, 5.74) is 0.634. The monoisotopic (exact) mass is 247 g/mol. The highest BCUT2D eigenvalue weighted by Crippen LogP contribution is 2.16. The number of carbonyl (C=O) groups excluding carboxylic acids is 1. The van der Waals surface area contributed by atoms with Gasteiger partial charge in [0.1, 0.15) is 5.75 Å². The first-order valence-electron chi connectivity index (χ1n) is 4.45. The molecule has 15 heavy (non-hydrogen) atoms. The number of benzene rings is 1. The first-order valence-corrected chi connectivity index (χ1v) is 5.32. The van der Waals surface area contributed by atoms with E-state index in [9.17, 15) is 4.79 Å². The van der Waals surface area contributed by atoms with Gasteiger partial charge in [-0.05, 0) is 31.2 Å². The van der Waals surface area contributed by atoms with Gasteiger partial charge < -0.3 is 10.1 Å². The van der Waals surface area contributed by atoms with Crippen molar-refractivity contribution >= 4 is 34.8 Å². The second kappa shape index (κ2) is 5.83. The van der Waals surface area contributed by atoms with E-state index in [0.29, 0.717) is 12.3 Å². The summed E-state index contributed by atoms with van der Waals surface area (Å²) < 4.78 is 5.25. The summed E-state index contributed by atoms with van der Waals surface area (Å²) in [4.78, 5) is 10.1. The van der Waals surface area contributed by atoms with Crippen molar-refractivity contribution in [3.05, 3.63) is 24.3 Å². The van der Waals surface area contributed by atoms with Crippen molar-refractivity contribution in [2.45, 2.75) is 11.8 Å². The van der Waals surface area contributed by atoms with E-state index < -0.39 is 10.7 Å². The zero-order valence-electron chi connectivity index (χ0n) is 8.17. The second-order valence-electron chi connectivity index (χ2n) is 2.75. The molecule has 3 nitrogen and oxygen atoms in total. The molecule has 0 aromatic heterocycles. The number of rotatable bonds is 4. The fourth-order valence-electron chi connectivity index (χ4n) is 0.998. The van der Waals surface area contributed by atoms with Gasteiger partial charge in [0.2, 0.25) is 0 Å². The number of ether oxygens (including phenoxy) is 1. The minimum absolute atomic E-state index is 0.442. The highest BCUT2D eigenvalue weighted by molar-refractivity contribution is 6.54. The summed E-state index contributed by atoms with van der Waals surface area (Å²) in [5, 5.41) is 2.55. The average molecular weight is 248 g/mol. The smallest absolute Gasteiger partial charge is 0.257 e. The summed E-state index contributed by atoms with van der Waals surface area (Å²) in [6.45, 7) is 2.51. The van der Waals surface area contributed by atoms with Crippen LogP contribution < -0.4 is 10.1 Å². The molecular weight excluding hydrogens is 237 g/mol. The van der Waals surface area contributed by atoms with E-state index in [4.69, 9.17) is 27.9 Å². The van der Waals surface area contributed by atoms with Gasteiger partial charge in [-0.1, -0.05) is 23.2 Å². The molecule has 0 saturated carbocycles. The second-order valence-corrected chi connectivity index (χ2v) is 3.84. The van der Waals surface area contributed by atoms with Crippen molar-refractivity contribution in [2.24, 2.45) is 0 Å². The molecule has 1 aromatic rings. The molecule has 1 aromatic carbocycles. The third-order valence-corrected chi connectivity index (χ3v) is 2.03. The van der Waals surface area contributed by atoms with E-state index in [1.165, 1.54) is 0 Å². The Morgan fingerprint density at radius 1 is 1.40 bits per heavy atom. The van der Waals surface area contributed by atoms with Crippen molar-refractivity contribution in [2.75, 3.05) is 11.9 Å². The minimum Gasteiger partial charge on any atom is -0.494 e. The molecule has 0 aliphatic rings. The van der Waals surface area contributed by atoms with E-state index in [1.54, 1.807) is 24.3 Å². The minimum atomic E-state index is -1.06. The molecule has 0 aliphatic heterocycles. The fraction of sp³-hybridized carbons (Fsp3) is 0.300. The van der Waals surface area contributed by atoms with Crippen LogP contribution in [0.3, 0.4) is 0 Å². The van der Waals surface area contributed by atoms with Crippen molar-refractivity contribution in [1.29, 1.82) is 0 Å². The maximum atomic E-state index is 11.1. The van der Waals surface area contributed by atoms with Crippen LogP contribution >= 0.6 is 23.2 Å². The predicted octanol–water partition coefficient (Wildman–Crippen LogP) is 2.83. The number of alkyl halides is 2. The Labute approximate surface area is 98.3 Å². The Bertz CT molecular complexity index is 325. The zero-order chi connectivity index (χ0) is 11.3. The molecule has 0 heterocycles. The molecule has 82 valence electrons. The van der Waals surface area contributed by atoms with Gasteiger partial charge in [-0.15, -0.1) is 0 Å². The molecule has 0 bridgehead atoms. The Morgan fingerprint density at radius 2 is 2.00 bits per heavy atom. The topological polar surface area (TPSA) is 38.3 Å². The summed E-state index contributed by atoms with van der Waals surface area (Å²) in [6.07, 6.45) is 0.